The van der Waals surface area contributed by atoms with Crippen molar-refractivity contribution in [3.05, 3.63) is 29.8 Å². The van der Waals surface area contributed by atoms with E-state index in [4.69, 9.17) is 10.5 Å². The number of nitrogens with two attached hydrogens (primary N) is 1. The average molecular weight is 276 g/mol. The monoisotopic (exact) mass is 276 g/mol. The van der Waals surface area contributed by atoms with Crippen LogP contribution in [0.4, 0.5) is 5.69 Å². The van der Waals surface area contributed by atoms with Gasteiger partial charge in [0.1, 0.15) is 0 Å². The third-order valence-corrected chi connectivity index (χ3v) is 3.49. The summed E-state index contributed by atoms with van der Waals surface area (Å²) in [5.74, 6) is -0.470. The minimum Gasteiger partial charge on any atom is -0.466 e. The highest BCUT2D eigenvalue weighted by molar-refractivity contribution is 5.94. The smallest absolute Gasteiger partial charge is 0.310 e. The van der Waals surface area contributed by atoms with Crippen LogP contribution in [-0.2, 0) is 9.53 Å². The Balaban J connectivity index is 2.03. The lowest BCUT2D eigenvalue weighted by molar-refractivity contribution is -0.149. The number of nitrogen functional groups attached to an aromatic ring is 1. The van der Waals surface area contributed by atoms with E-state index >= 15 is 0 Å². The summed E-state index contributed by atoms with van der Waals surface area (Å²) in [6.07, 6.45) is 1.61. The quantitative estimate of drug-likeness (QED) is 0.673. The van der Waals surface area contributed by atoms with Crippen LogP contribution in [0.5, 0.6) is 0 Å². The standard InChI is InChI=1S/C15H20N2O3/c1-2-20-15(19)12-4-3-9-17(10-12)14(18)11-5-7-13(16)8-6-11/h5-8,12H,2-4,9-10,16H2,1H3. The number of rotatable bonds is 3. The van der Waals surface area contributed by atoms with Crippen LogP contribution >= 0.6 is 0 Å². The molecule has 1 heterocycles. The number of amides is 1. The highest BCUT2D eigenvalue weighted by Crippen LogP contribution is 2.20. The van der Waals surface area contributed by atoms with Crippen molar-refractivity contribution in [3.8, 4) is 0 Å². The second kappa shape index (κ2) is 6.41. The molecule has 2 rings (SSSR count). The fourth-order valence-electron chi connectivity index (χ4n) is 2.42. The third kappa shape index (κ3) is 3.29. The van der Waals surface area contributed by atoms with Gasteiger partial charge in [0.25, 0.3) is 5.91 Å². The van der Waals surface area contributed by atoms with Gasteiger partial charge < -0.3 is 15.4 Å². The Labute approximate surface area is 118 Å². The van der Waals surface area contributed by atoms with E-state index in [0.717, 1.165) is 12.8 Å². The summed E-state index contributed by atoms with van der Waals surface area (Å²) in [7, 11) is 0. The van der Waals surface area contributed by atoms with Gasteiger partial charge in [0.2, 0.25) is 0 Å². The first-order chi connectivity index (χ1) is 9.61. The Kier molecular flexibility index (Phi) is 4.61. The number of nitrogens with zero attached hydrogens (tertiary/aromatic N) is 1. The molecule has 1 amide bonds. The lowest BCUT2D eigenvalue weighted by Gasteiger charge is -2.31. The average Bonchev–Trinajstić information content (AvgIpc) is 2.48. The third-order valence-electron chi connectivity index (χ3n) is 3.49. The lowest BCUT2D eigenvalue weighted by Crippen LogP contribution is -2.42. The molecule has 1 aliphatic rings. The molecule has 1 aromatic carbocycles. The number of carbonyl (C=O) groups excluding carboxylic acids is 2. The van der Waals surface area contributed by atoms with Gasteiger partial charge >= 0.3 is 5.97 Å². The molecule has 0 bridgehead atoms. The zero-order chi connectivity index (χ0) is 14.5. The minimum absolute atomic E-state index is 0.0565. The SMILES string of the molecule is CCOC(=O)C1CCCN(C(=O)c2ccc(N)cc2)C1. The molecule has 0 aromatic heterocycles. The van der Waals surface area contributed by atoms with Crippen molar-refractivity contribution in [1.82, 2.24) is 4.90 Å². The Bertz CT molecular complexity index is 484. The molecule has 5 heteroatoms. The van der Waals surface area contributed by atoms with Crippen molar-refractivity contribution in [1.29, 1.82) is 0 Å². The van der Waals surface area contributed by atoms with Crippen molar-refractivity contribution >= 4 is 17.6 Å². The van der Waals surface area contributed by atoms with Crippen LogP contribution in [0.2, 0.25) is 0 Å². The number of likely N-dealkylation sites (tertiary alicyclic amines) is 1. The predicted molar refractivity (Wildman–Crippen MR) is 76.1 cm³/mol. The number of hydrogen-bond donors (Lipinski definition) is 1. The van der Waals surface area contributed by atoms with Crippen molar-refractivity contribution in [2.75, 3.05) is 25.4 Å². The summed E-state index contributed by atoms with van der Waals surface area (Å²) < 4.78 is 5.04. The molecule has 2 N–H and O–H groups in total. The van der Waals surface area contributed by atoms with E-state index in [1.165, 1.54) is 0 Å². The number of piperidine rings is 1. The molecule has 1 atom stereocenters. The van der Waals surface area contributed by atoms with Crippen molar-refractivity contribution < 1.29 is 14.3 Å². The zero-order valence-electron chi connectivity index (χ0n) is 11.7. The molecule has 0 radical (unpaired) electrons. The molecule has 0 spiro atoms. The number of carbonyl (C=O) groups is 2. The minimum atomic E-state index is -0.207. The molecule has 1 aliphatic heterocycles. The maximum atomic E-state index is 12.4. The normalized spacial score (nSPS) is 18.6. The number of hydrogen-bond acceptors (Lipinski definition) is 4. The lowest BCUT2D eigenvalue weighted by atomic mass is 9.97. The first-order valence-electron chi connectivity index (χ1n) is 6.93. The second-order valence-electron chi connectivity index (χ2n) is 4.96. The van der Waals surface area contributed by atoms with E-state index in [9.17, 15) is 9.59 Å². The van der Waals surface area contributed by atoms with Gasteiger partial charge in [-0.25, -0.2) is 0 Å². The van der Waals surface area contributed by atoms with Crippen LogP contribution in [0.15, 0.2) is 24.3 Å². The summed E-state index contributed by atoms with van der Waals surface area (Å²) in [5, 5.41) is 0. The van der Waals surface area contributed by atoms with Gasteiger partial charge in [-0.2, -0.15) is 0 Å². The maximum absolute atomic E-state index is 12.4. The largest absolute Gasteiger partial charge is 0.466 e. The molecule has 1 aromatic rings. The fraction of sp³-hybridized carbons (Fsp3) is 0.467. The number of ether oxygens (including phenoxy) is 1. The number of anilines is 1. The highest BCUT2D eigenvalue weighted by Gasteiger charge is 2.29. The highest BCUT2D eigenvalue weighted by atomic mass is 16.5. The summed E-state index contributed by atoms with van der Waals surface area (Å²) >= 11 is 0. The Morgan fingerprint density at radius 1 is 1.35 bits per heavy atom. The van der Waals surface area contributed by atoms with Crippen LogP contribution in [0.25, 0.3) is 0 Å². The van der Waals surface area contributed by atoms with Crippen LogP contribution < -0.4 is 5.73 Å². The van der Waals surface area contributed by atoms with E-state index in [1.807, 2.05) is 0 Å². The Morgan fingerprint density at radius 3 is 2.70 bits per heavy atom. The van der Waals surface area contributed by atoms with E-state index in [1.54, 1.807) is 36.1 Å². The summed E-state index contributed by atoms with van der Waals surface area (Å²) in [6.45, 7) is 3.28. The van der Waals surface area contributed by atoms with Gasteiger partial charge in [-0.05, 0) is 44.0 Å². The van der Waals surface area contributed by atoms with Gasteiger partial charge in [-0.3, -0.25) is 9.59 Å². The van der Waals surface area contributed by atoms with Gasteiger partial charge in [-0.15, -0.1) is 0 Å². The van der Waals surface area contributed by atoms with Crippen molar-refractivity contribution in [2.24, 2.45) is 5.92 Å². The van der Waals surface area contributed by atoms with E-state index < -0.39 is 0 Å². The molecule has 1 fully saturated rings. The van der Waals surface area contributed by atoms with E-state index in [2.05, 4.69) is 0 Å². The van der Waals surface area contributed by atoms with Crippen LogP contribution in [0.1, 0.15) is 30.1 Å². The molecule has 1 saturated heterocycles. The number of benzene rings is 1. The van der Waals surface area contributed by atoms with Crippen molar-refractivity contribution in [2.45, 2.75) is 19.8 Å². The Hall–Kier alpha value is -2.04. The zero-order valence-corrected chi connectivity index (χ0v) is 11.7. The summed E-state index contributed by atoms with van der Waals surface area (Å²) in [6, 6.07) is 6.84. The molecule has 1 unspecified atom stereocenters. The Morgan fingerprint density at radius 2 is 2.05 bits per heavy atom. The molecular weight excluding hydrogens is 256 g/mol. The van der Waals surface area contributed by atoms with E-state index in [0.29, 0.717) is 30.9 Å². The van der Waals surface area contributed by atoms with Crippen LogP contribution in [0.3, 0.4) is 0 Å². The molecule has 108 valence electrons. The van der Waals surface area contributed by atoms with Gasteiger partial charge in [0.05, 0.1) is 12.5 Å². The van der Waals surface area contributed by atoms with Crippen LogP contribution in [-0.4, -0.2) is 36.5 Å². The van der Waals surface area contributed by atoms with Gasteiger partial charge in [0.15, 0.2) is 0 Å². The van der Waals surface area contributed by atoms with Crippen LogP contribution in [0, 0.1) is 5.92 Å². The molecular formula is C15H20N2O3. The summed E-state index contributed by atoms with van der Waals surface area (Å²) in [5.41, 5.74) is 6.84. The first-order valence-corrected chi connectivity index (χ1v) is 6.93. The topological polar surface area (TPSA) is 72.6 Å². The summed E-state index contributed by atoms with van der Waals surface area (Å²) in [4.78, 5) is 25.9. The molecule has 0 saturated carbocycles. The first kappa shape index (κ1) is 14.4. The van der Waals surface area contributed by atoms with E-state index in [-0.39, 0.29) is 17.8 Å². The van der Waals surface area contributed by atoms with Gasteiger partial charge in [-0.1, -0.05) is 0 Å². The molecule has 5 nitrogen and oxygen atoms in total. The fourth-order valence-corrected chi connectivity index (χ4v) is 2.42. The predicted octanol–water partition coefficient (Wildman–Crippen LogP) is 1.68. The second-order valence-corrected chi connectivity index (χ2v) is 4.96. The maximum Gasteiger partial charge on any atom is 0.310 e. The number of esters is 1. The molecule has 0 aliphatic carbocycles. The molecule has 20 heavy (non-hydrogen) atoms. The van der Waals surface area contributed by atoms with Crippen molar-refractivity contribution in [3.63, 3.8) is 0 Å². The van der Waals surface area contributed by atoms with Gasteiger partial charge in [0, 0.05) is 24.3 Å².